The van der Waals surface area contributed by atoms with Crippen molar-refractivity contribution in [1.29, 1.82) is 10.5 Å². The summed E-state index contributed by atoms with van der Waals surface area (Å²) in [5.41, 5.74) is -1.21. The van der Waals surface area contributed by atoms with Crippen LogP contribution in [0.3, 0.4) is 0 Å². The van der Waals surface area contributed by atoms with Crippen molar-refractivity contribution in [2.75, 3.05) is 27.2 Å². The molecule has 1 aliphatic carbocycles. The Hall–Kier alpha value is -1.10. The standard InChI is InChI=1S/C12H18N4/c1-15-7-8-16(2)12(10-14)6-4-3-5-11(12,15)9-13/h3-8H2,1-2H3. The van der Waals surface area contributed by atoms with Crippen LogP contribution in [0, 0.1) is 22.7 Å². The van der Waals surface area contributed by atoms with Crippen LogP contribution in [-0.4, -0.2) is 48.1 Å². The first-order valence-electron chi connectivity index (χ1n) is 5.88. The second-order valence-corrected chi connectivity index (χ2v) is 4.99. The molecular formula is C12H18N4. The van der Waals surface area contributed by atoms with Gasteiger partial charge in [-0.05, 0) is 26.9 Å². The molecule has 0 radical (unpaired) electrons. The van der Waals surface area contributed by atoms with Crippen LogP contribution in [-0.2, 0) is 0 Å². The Bertz CT molecular complexity index is 330. The fourth-order valence-electron chi connectivity index (χ4n) is 3.34. The zero-order valence-corrected chi connectivity index (χ0v) is 10.0. The van der Waals surface area contributed by atoms with E-state index in [0.29, 0.717) is 0 Å². The van der Waals surface area contributed by atoms with E-state index in [2.05, 4.69) is 21.9 Å². The number of rotatable bonds is 0. The van der Waals surface area contributed by atoms with Crippen LogP contribution in [0.2, 0.25) is 0 Å². The van der Waals surface area contributed by atoms with Gasteiger partial charge in [0.2, 0.25) is 0 Å². The molecule has 0 aromatic carbocycles. The van der Waals surface area contributed by atoms with Gasteiger partial charge >= 0.3 is 0 Å². The molecule has 1 heterocycles. The van der Waals surface area contributed by atoms with Gasteiger partial charge in [0, 0.05) is 13.1 Å². The highest BCUT2D eigenvalue weighted by molar-refractivity contribution is 5.33. The van der Waals surface area contributed by atoms with Gasteiger partial charge in [-0.1, -0.05) is 12.8 Å². The van der Waals surface area contributed by atoms with E-state index >= 15 is 0 Å². The van der Waals surface area contributed by atoms with Crippen LogP contribution in [0.1, 0.15) is 25.7 Å². The molecule has 0 N–H and O–H groups in total. The molecule has 2 atom stereocenters. The lowest BCUT2D eigenvalue weighted by molar-refractivity contribution is -0.0595. The van der Waals surface area contributed by atoms with Gasteiger partial charge in [0.25, 0.3) is 0 Å². The van der Waals surface area contributed by atoms with Crippen LogP contribution >= 0.6 is 0 Å². The molecule has 1 aliphatic heterocycles. The number of nitrogens with zero attached hydrogens (tertiary/aromatic N) is 4. The normalized spacial score (nSPS) is 40.8. The van der Waals surface area contributed by atoms with E-state index in [1.807, 2.05) is 14.1 Å². The molecule has 0 aromatic rings. The Morgan fingerprint density at radius 2 is 1.25 bits per heavy atom. The molecule has 1 saturated carbocycles. The fraction of sp³-hybridized carbons (Fsp3) is 0.833. The highest BCUT2D eigenvalue weighted by Crippen LogP contribution is 2.45. The summed E-state index contributed by atoms with van der Waals surface area (Å²) in [6.07, 6.45) is 3.74. The lowest BCUT2D eigenvalue weighted by Crippen LogP contribution is -2.74. The zero-order chi connectivity index (χ0) is 11.8. The van der Waals surface area contributed by atoms with Gasteiger partial charge in [0.05, 0.1) is 12.1 Å². The minimum Gasteiger partial charge on any atom is -0.285 e. The quantitative estimate of drug-likeness (QED) is 0.608. The van der Waals surface area contributed by atoms with Crippen molar-refractivity contribution in [2.24, 2.45) is 0 Å². The molecule has 2 fully saturated rings. The summed E-state index contributed by atoms with van der Waals surface area (Å²) < 4.78 is 0. The maximum absolute atomic E-state index is 9.59. The van der Waals surface area contributed by atoms with Crippen LogP contribution < -0.4 is 0 Å². The summed E-state index contributed by atoms with van der Waals surface area (Å²) in [5, 5.41) is 19.2. The Morgan fingerprint density at radius 3 is 1.56 bits per heavy atom. The third-order valence-electron chi connectivity index (χ3n) is 4.46. The van der Waals surface area contributed by atoms with Crippen molar-refractivity contribution in [3.8, 4) is 12.1 Å². The van der Waals surface area contributed by atoms with E-state index in [1.54, 1.807) is 0 Å². The van der Waals surface area contributed by atoms with Gasteiger partial charge in [-0.3, -0.25) is 9.80 Å². The molecule has 0 amide bonds. The van der Waals surface area contributed by atoms with Gasteiger partial charge in [0.1, 0.15) is 11.1 Å². The minimum absolute atomic E-state index is 0.604. The molecule has 0 spiro atoms. The summed E-state index contributed by atoms with van der Waals surface area (Å²) >= 11 is 0. The maximum atomic E-state index is 9.59. The second kappa shape index (κ2) is 3.73. The number of likely N-dealkylation sites (N-methyl/N-ethyl adjacent to an activating group) is 2. The molecule has 2 rings (SSSR count). The van der Waals surface area contributed by atoms with E-state index in [-0.39, 0.29) is 0 Å². The van der Waals surface area contributed by atoms with E-state index < -0.39 is 11.1 Å². The topological polar surface area (TPSA) is 54.1 Å². The maximum Gasteiger partial charge on any atom is 0.141 e. The highest BCUT2D eigenvalue weighted by atomic mass is 15.3. The molecule has 1 saturated heterocycles. The number of piperazine rings is 1. The van der Waals surface area contributed by atoms with Gasteiger partial charge < -0.3 is 0 Å². The highest BCUT2D eigenvalue weighted by Gasteiger charge is 2.60. The largest absolute Gasteiger partial charge is 0.285 e. The number of fused-ring (bicyclic) bond motifs is 1. The Kier molecular flexibility index (Phi) is 2.66. The molecule has 2 aliphatic rings. The summed E-state index contributed by atoms with van der Waals surface area (Å²) in [7, 11) is 3.96. The molecule has 0 aromatic heterocycles. The van der Waals surface area contributed by atoms with Gasteiger partial charge in [-0.25, -0.2) is 0 Å². The predicted molar refractivity (Wildman–Crippen MR) is 60.4 cm³/mol. The Labute approximate surface area is 97.0 Å². The monoisotopic (exact) mass is 218 g/mol. The van der Waals surface area contributed by atoms with Crippen LogP contribution in [0.5, 0.6) is 0 Å². The van der Waals surface area contributed by atoms with Crippen molar-refractivity contribution in [3.63, 3.8) is 0 Å². The number of hydrogen-bond donors (Lipinski definition) is 0. The van der Waals surface area contributed by atoms with Crippen molar-refractivity contribution in [1.82, 2.24) is 9.80 Å². The molecule has 2 unspecified atom stereocenters. The molecular weight excluding hydrogens is 200 g/mol. The molecule has 4 heteroatoms. The Morgan fingerprint density at radius 1 is 0.875 bits per heavy atom. The third kappa shape index (κ3) is 1.15. The first-order chi connectivity index (χ1) is 7.63. The average molecular weight is 218 g/mol. The first-order valence-corrected chi connectivity index (χ1v) is 5.88. The summed E-state index contributed by atoms with van der Waals surface area (Å²) in [6.45, 7) is 1.74. The van der Waals surface area contributed by atoms with Crippen molar-refractivity contribution < 1.29 is 0 Å². The molecule has 16 heavy (non-hydrogen) atoms. The van der Waals surface area contributed by atoms with E-state index in [4.69, 9.17) is 0 Å². The van der Waals surface area contributed by atoms with Crippen LogP contribution in [0.15, 0.2) is 0 Å². The summed E-state index contributed by atoms with van der Waals surface area (Å²) in [6, 6.07) is 4.91. The minimum atomic E-state index is -0.604. The second-order valence-electron chi connectivity index (χ2n) is 4.99. The SMILES string of the molecule is CN1CCN(C)C2(C#N)CCCCC12C#N. The predicted octanol–water partition coefficient (Wildman–Crippen LogP) is 0.962. The smallest absolute Gasteiger partial charge is 0.141 e. The van der Waals surface area contributed by atoms with E-state index in [0.717, 1.165) is 38.8 Å². The lowest BCUT2D eigenvalue weighted by Gasteiger charge is -2.57. The van der Waals surface area contributed by atoms with Crippen molar-refractivity contribution in [3.05, 3.63) is 0 Å². The number of nitriles is 2. The average Bonchev–Trinajstić information content (AvgIpc) is 2.34. The fourth-order valence-corrected chi connectivity index (χ4v) is 3.34. The lowest BCUT2D eigenvalue weighted by atomic mass is 9.65. The van der Waals surface area contributed by atoms with Gasteiger partial charge in [0.15, 0.2) is 0 Å². The third-order valence-corrected chi connectivity index (χ3v) is 4.46. The molecule has 4 nitrogen and oxygen atoms in total. The van der Waals surface area contributed by atoms with E-state index in [9.17, 15) is 10.5 Å². The number of hydrogen-bond acceptors (Lipinski definition) is 4. The molecule has 0 bridgehead atoms. The van der Waals surface area contributed by atoms with Gasteiger partial charge in [-0.15, -0.1) is 0 Å². The molecule has 86 valence electrons. The van der Waals surface area contributed by atoms with E-state index in [1.165, 1.54) is 0 Å². The van der Waals surface area contributed by atoms with Crippen molar-refractivity contribution >= 4 is 0 Å². The van der Waals surface area contributed by atoms with Crippen LogP contribution in [0.25, 0.3) is 0 Å². The Balaban J connectivity index is 2.53. The van der Waals surface area contributed by atoms with Crippen molar-refractivity contribution in [2.45, 2.75) is 36.8 Å². The van der Waals surface area contributed by atoms with Gasteiger partial charge in [-0.2, -0.15) is 10.5 Å². The zero-order valence-electron chi connectivity index (χ0n) is 10.0. The van der Waals surface area contributed by atoms with Crippen LogP contribution in [0.4, 0.5) is 0 Å². The summed E-state index contributed by atoms with van der Waals surface area (Å²) in [4.78, 5) is 4.19. The summed E-state index contributed by atoms with van der Waals surface area (Å²) in [5.74, 6) is 0. The first kappa shape index (κ1) is 11.4.